The first-order valence-corrected chi connectivity index (χ1v) is 9.06. The highest BCUT2D eigenvalue weighted by Crippen LogP contribution is 2.30. The Kier molecular flexibility index (Phi) is 5.51. The van der Waals surface area contributed by atoms with Crippen LogP contribution in [0.5, 0.6) is 5.75 Å². The third-order valence-electron chi connectivity index (χ3n) is 3.19. The van der Waals surface area contributed by atoms with Gasteiger partial charge in [0.1, 0.15) is 5.75 Å². The number of hydrogen-bond donors (Lipinski definition) is 1. The van der Waals surface area contributed by atoms with Gasteiger partial charge in [0.05, 0.1) is 19.0 Å². The molecule has 0 atom stereocenters. The van der Waals surface area contributed by atoms with Gasteiger partial charge in [-0.25, -0.2) is 4.98 Å². The maximum absolute atomic E-state index is 5.20. The minimum atomic E-state index is 0.795. The first kappa shape index (κ1) is 16.5. The summed E-state index contributed by atoms with van der Waals surface area (Å²) in [7, 11) is 1.67. The van der Waals surface area contributed by atoms with Gasteiger partial charge >= 0.3 is 0 Å². The maximum atomic E-state index is 5.20. The molecule has 0 aliphatic rings. The van der Waals surface area contributed by atoms with Crippen molar-refractivity contribution >= 4 is 34.4 Å². The molecule has 0 aliphatic heterocycles. The van der Waals surface area contributed by atoms with Crippen LogP contribution in [0.4, 0.5) is 5.13 Å². The lowest BCUT2D eigenvalue weighted by molar-refractivity contribution is 0.414. The van der Waals surface area contributed by atoms with Crippen LogP contribution in [-0.2, 0) is 0 Å². The molecule has 122 valence electrons. The molecule has 0 amide bonds. The molecule has 3 rings (SSSR count). The van der Waals surface area contributed by atoms with E-state index in [2.05, 4.69) is 21.6 Å². The second-order valence-corrected chi connectivity index (χ2v) is 6.95. The van der Waals surface area contributed by atoms with E-state index < -0.39 is 0 Å². The van der Waals surface area contributed by atoms with E-state index in [1.165, 1.54) is 0 Å². The molecule has 4 nitrogen and oxygen atoms in total. The van der Waals surface area contributed by atoms with Gasteiger partial charge < -0.3 is 4.74 Å². The van der Waals surface area contributed by atoms with Crippen molar-refractivity contribution in [2.24, 2.45) is 5.10 Å². The number of ether oxygens (including phenoxy) is 1. The lowest BCUT2D eigenvalue weighted by atomic mass is 10.2. The Morgan fingerprint density at radius 1 is 1.17 bits per heavy atom. The molecular weight excluding hydrogens is 338 g/mol. The number of hydrazone groups is 1. The fraction of sp³-hybridized carbons (Fsp3) is 0.111. The van der Waals surface area contributed by atoms with Gasteiger partial charge in [-0.1, -0.05) is 30.0 Å². The van der Waals surface area contributed by atoms with E-state index in [1.807, 2.05) is 61.0 Å². The van der Waals surface area contributed by atoms with Crippen molar-refractivity contribution in [2.75, 3.05) is 12.5 Å². The predicted molar refractivity (Wildman–Crippen MR) is 102 cm³/mol. The van der Waals surface area contributed by atoms with Crippen molar-refractivity contribution < 1.29 is 4.74 Å². The molecule has 1 aromatic heterocycles. The largest absolute Gasteiger partial charge is 0.497 e. The highest BCUT2D eigenvalue weighted by Gasteiger charge is 2.03. The van der Waals surface area contributed by atoms with Gasteiger partial charge in [0.2, 0.25) is 5.13 Å². The van der Waals surface area contributed by atoms with Crippen LogP contribution >= 0.6 is 23.1 Å². The van der Waals surface area contributed by atoms with Crippen LogP contribution in [0.3, 0.4) is 0 Å². The number of nitrogens with zero attached hydrogens (tertiary/aromatic N) is 2. The van der Waals surface area contributed by atoms with E-state index in [-0.39, 0.29) is 0 Å². The van der Waals surface area contributed by atoms with Crippen molar-refractivity contribution in [1.82, 2.24) is 4.98 Å². The standard InChI is InChI=1S/C18H17N3OS2/c1-13-12-23-18(20-13)21-19-11-14-5-3-4-6-17(14)24-16-9-7-15(22-2)8-10-16/h3-12H,1-2H3,(H,20,21). The summed E-state index contributed by atoms with van der Waals surface area (Å²) in [5, 5.41) is 7.08. The number of hydrogen-bond acceptors (Lipinski definition) is 6. The average Bonchev–Trinajstić information content (AvgIpc) is 3.02. The van der Waals surface area contributed by atoms with Crippen molar-refractivity contribution in [3.63, 3.8) is 0 Å². The average molecular weight is 355 g/mol. The topological polar surface area (TPSA) is 46.5 Å². The van der Waals surface area contributed by atoms with Gasteiger partial charge in [-0.2, -0.15) is 5.10 Å². The fourth-order valence-electron chi connectivity index (χ4n) is 2.01. The summed E-state index contributed by atoms with van der Waals surface area (Å²) >= 11 is 3.24. The molecule has 3 aromatic rings. The molecule has 0 radical (unpaired) electrons. The number of thiazole rings is 1. The van der Waals surface area contributed by atoms with Gasteiger partial charge in [-0.15, -0.1) is 11.3 Å². The Bertz CT molecular complexity index is 828. The van der Waals surface area contributed by atoms with Crippen LogP contribution in [0.1, 0.15) is 11.3 Å². The van der Waals surface area contributed by atoms with Gasteiger partial charge in [0, 0.05) is 20.7 Å². The van der Waals surface area contributed by atoms with E-state index in [0.717, 1.165) is 31.9 Å². The van der Waals surface area contributed by atoms with Crippen LogP contribution in [-0.4, -0.2) is 18.3 Å². The molecule has 0 aliphatic carbocycles. The summed E-state index contributed by atoms with van der Waals surface area (Å²) in [6.45, 7) is 1.96. The molecular formula is C18H17N3OS2. The van der Waals surface area contributed by atoms with E-state index in [4.69, 9.17) is 4.74 Å². The Morgan fingerprint density at radius 3 is 2.67 bits per heavy atom. The van der Waals surface area contributed by atoms with Crippen LogP contribution in [0, 0.1) is 6.92 Å². The van der Waals surface area contributed by atoms with E-state index >= 15 is 0 Å². The molecule has 1 N–H and O–H groups in total. The number of aryl methyl sites for hydroxylation is 1. The summed E-state index contributed by atoms with van der Waals surface area (Å²) in [6, 6.07) is 16.2. The monoisotopic (exact) mass is 355 g/mol. The smallest absolute Gasteiger partial charge is 0.203 e. The number of methoxy groups -OCH3 is 1. The number of aromatic nitrogens is 1. The van der Waals surface area contributed by atoms with Gasteiger partial charge in [0.25, 0.3) is 0 Å². The van der Waals surface area contributed by atoms with E-state index in [0.29, 0.717) is 0 Å². The Morgan fingerprint density at radius 2 is 1.96 bits per heavy atom. The second-order valence-electron chi connectivity index (χ2n) is 4.98. The van der Waals surface area contributed by atoms with E-state index in [9.17, 15) is 0 Å². The maximum Gasteiger partial charge on any atom is 0.203 e. The first-order chi connectivity index (χ1) is 11.7. The molecule has 6 heteroatoms. The Balaban J connectivity index is 1.72. The lowest BCUT2D eigenvalue weighted by Gasteiger charge is -2.06. The Labute approximate surface area is 149 Å². The molecule has 0 unspecified atom stereocenters. The van der Waals surface area contributed by atoms with E-state index in [1.54, 1.807) is 30.2 Å². The summed E-state index contributed by atoms with van der Waals surface area (Å²) in [5.41, 5.74) is 5.02. The zero-order valence-electron chi connectivity index (χ0n) is 13.4. The first-order valence-electron chi connectivity index (χ1n) is 7.37. The minimum Gasteiger partial charge on any atom is -0.497 e. The molecule has 24 heavy (non-hydrogen) atoms. The number of rotatable bonds is 6. The highest BCUT2D eigenvalue weighted by molar-refractivity contribution is 7.99. The van der Waals surface area contributed by atoms with Crippen LogP contribution < -0.4 is 10.2 Å². The number of benzene rings is 2. The van der Waals surface area contributed by atoms with Crippen LogP contribution in [0.2, 0.25) is 0 Å². The molecule has 0 saturated heterocycles. The number of anilines is 1. The third-order valence-corrected chi connectivity index (χ3v) is 5.15. The highest BCUT2D eigenvalue weighted by atomic mass is 32.2. The van der Waals surface area contributed by atoms with Crippen LogP contribution in [0.25, 0.3) is 0 Å². The second kappa shape index (κ2) is 7.99. The van der Waals surface area contributed by atoms with Gasteiger partial charge in [-0.05, 0) is 37.3 Å². The van der Waals surface area contributed by atoms with Crippen LogP contribution in [0.15, 0.2) is 68.8 Å². The molecule has 0 fully saturated rings. The van der Waals surface area contributed by atoms with Gasteiger partial charge in [-0.3, -0.25) is 5.43 Å². The van der Waals surface area contributed by atoms with Crippen molar-refractivity contribution in [1.29, 1.82) is 0 Å². The van der Waals surface area contributed by atoms with Gasteiger partial charge in [0.15, 0.2) is 0 Å². The SMILES string of the molecule is COc1ccc(Sc2ccccc2C=NNc2nc(C)cs2)cc1. The minimum absolute atomic E-state index is 0.795. The summed E-state index contributed by atoms with van der Waals surface area (Å²) < 4.78 is 5.20. The van der Waals surface area contributed by atoms with Crippen molar-refractivity contribution in [3.8, 4) is 5.75 Å². The fourth-order valence-corrected chi connectivity index (χ4v) is 3.56. The molecule has 0 saturated carbocycles. The zero-order valence-corrected chi connectivity index (χ0v) is 15.0. The Hall–Kier alpha value is -2.31. The zero-order chi connectivity index (χ0) is 16.8. The van der Waals surface area contributed by atoms with Crippen molar-refractivity contribution in [2.45, 2.75) is 16.7 Å². The molecule has 2 aromatic carbocycles. The summed E-state index contributed by atoms with van der Waals surface area (Å²) in [4.78, 5) is 6.62. The third kappa shape index (κ3) is 4.37. The predicted octanol–water partition coefficient (Wildman–Crippen LogP) is 5.06. The number of nitrogens with one attached hydrogen (secondary N) is 1. The molecule has 0 spiro atoms. The summed E-state index contributed by atoms with van der Waals surface area (Å²) in [5.74, 6) is 0.858. The normalized spacial score (nSPS) is 10.9. The van der Waals surface area contributed by atoms with Crippen molar-refractivity contribution in [3.05, 3.63) is 65.2 Å². The quantitative estimate of drug-likeness (QED) is 0.496. The lowest BCUT2D eigenvalue weighted by Crippen LogP contribution is -1.92. The molecule has 0 bridgehead atoms. The summed E-state index contributed by atoms with van der Waals surface area (Å²) in [6.07, 6.45) is 1.82. The molecule has 1 heterocycles.